The van der Waals surface area contributed by atoms with Gasteiger partial charge in [0.15, 0.2) is 0 Å². The number of thioether (sulfide) groups is 1. The highest BCUT2D eigenvalue weighted by Crippen LogP contribution is 2.25. The van der Waals surface area contributed by atoms with Crippen molar-refractivity contribution >= 4 is 39.3 Å². The molecule has 0 aliphatic carbocycles. The minimum atomic E-state index is -0.156. The lowest BCUT2D eigenvalue weighted by Crippen LogP contribution is -2.16. The first-order valence-corrected chi connectivity index (χ1v) is 11.3. The molecule has 2 aromatic carbocycles. The number of nitrogen functional groups attached to an aromatic ring is 1. The molecule has 0 aliphatic heterocycles. The van der Waals surface area contributed by atoms with Crippen LogP contribution in [0, 0.1) is 0 Å². The Morgan fingerprint density at radius 2 is 1.90 bits per heavy atom. The quantitative estimate of drug-likeness (QED) is 0.261. The van der Waals surface area contributed by atoms with E-state index in [1.54, 1.807) is 0 Å². The maximum absolute atomic E-state index is 12.2. The topological polar surface area (TPSA) is 115 Å². The van der Waals surface area contributed by atoms with Crippen LogP contribution in [0.15, 0.2) is 64.2 Å². The van der Waals surface area contributed by atoms with Crippen molar-refractivity contribution in [1.82, 2.24) is 25.1 Å². The summed E-state index contributed by atoms with van der Waals surface area (Å²) in [5, 5.41) is 18.8. The first-order chi connectivity index (χ1) is 15.0. The van der Waals surface area contributed by atoms with Gasteiger partial charge in [0.2, 0.25) is 16.9 Å². The molecular formula is C21H20BrN7OS. The van der Waals surface area contributed by atoms with Crippen LogP contribution in [0.5, 0.6) is 0 Å². The third kappa shape index (κ3) is 4.97. The second-order valence-corrected chi connectivity index (χ2v) is 8.60. The van der Waals surface area contributed by atoms with Crippen molar-refractivity contribution in [2.45, 2.75) is 18.5 Å². The number of carbonyl (C=O) groups excluding carboxylic acids is 1. The number of anilines is 1. The molecule has 4 aromatic rings. The molecule has 10 heteroatoms. The lowest BCUT2D eigenvalue weighted by Gasteiger charge is -2.05. The van der Waals surface area contributed by atoms with Crippen LogP contribution >= 0.6 is 27.7 Å². The minimum absolute atomic E-state index is 0.156. The van der Waals surface area contributed by atoms with E-state index in [0.29, 0.717) is 16.7 Å². The van der Waals surface area contributed by atoms with Gasteiger partial charge >= 0.3 is 0 Å². The van der Waals surface area contributed by atoms with Crippen molar-refractivity contribution in [1.29, 1.82) is 0 Å². The molecule has 0 spiro atoms. The number of H-pyrrole nitrogens is 1. The van der Waals surface area contributed by atoms with Gasteiger partial charge in [-0.1, -0.05) is 58.9 Å². The molecule has 2 aromatic heterocycles. The smallest absolute Gasteiger partial charge is 0.234 e. The summed E-state index contributed by atoms with van der Waals surface area (Å²) in [4.78, 5) is 12.2. The van der Waals surface area contributed by atoms with Crippen LogP contribution < -0.4 is 11.2 Å². The van der Waals surface area contributed by atoms with Crippen LogP contribution in [0.3, 0.4) is 0 Å². The number of rotatable bonds is 7. The number of hydrogen-bond donors (Lipinski definition) is 3. The lowest BCUT2D eigenvalue weighted by atomic mass is 10.1. The first-order valence-electron chi connectivity index (χ1n) is 9.57. The third-order valence-corrected chi connectivity index (χ3v) is 6.07. The Morgan fingerprint density at radius 3 is 2.61 bits per heavy atom. The van der Waals surface area contributed by atoms with Gasteiger partial charge < -0.3 is 11.2 Å². The molecule has 0 fully saturated rings. The summed E-state index contributed by atoms with van der Waals surface area (Å²) in [6, 6.07) is 17.5. The average molecular weight is 498 g/mol. The van der Waals surface area contributed by atoms with Crippen LogP contribution in [0.4, 0.5) is 5.69 Å². The highest BCUT2D eigenvalue weighted by atomic mass is 79.9. The van der Waals surface area contributed by atoms with Gasteiger partial charge in [0.25, 0.3) is 0 Å². The number of nitrogens with one attached hydrogen (secondary N) is 2. The normalized spacial score (nSPS) is 10.9. The molecule has 0 aliphatic rings. The SMILES string of the molecule is CCc1ccc(-c2cc(-c3nnc(SCC(=O)Nc4ccc(Br)cc4)n3N)[nH]n2)cc1. The second kappa shape index (κ2) is 9.36. The zero-order valence-electron chi connectivity index (χ0n) is 16.7. The van der Waals surface area contributed by atoms with E-state index in [0.717, 1.165) is 27.8 Å². The maximum Gasteiger partial charge on any atom is 0.234 e. The van der Waals surface area contributed by atoms with Gasteiger partial charge in [-0.25, -0.2) is 4.68 Å². The van der Waals surface area contributed by atoms with Crippen LogP contribution in [0.1, 0.15) is 12.5 Å². The molecule has 0 atom stereocenters. The molecular weight excluding hydrogens is 478 g/mol. The molecule has 0 bridgehead atoms. The van der Waals surface area contributed by atoms with Gasteiger partial charge in [-0.3, -0.25) is 9.89 Å². The monoisotopic (exact) mass is 497 g/mol. The van der Waals surface area contributed by atoms with Crippen LogP contribution in [0.2, 0.25) is 0 Å². The molecule has 0 saturated carbocycles. The van der Waals surface area contributed by atoms with Gasteiger partial charge in [-0.2, -0.15) is 5.10 Å². The van der Waals surface area contributed by atoms with E-state index in [1.165, 1.54) is 22.0 Å². The highest BCUT2D eigenvalue weighted by molar-refractivity contribution is 9.10. The summed E-state index contributed by atoms with van der Waals surface area (Å²) in [7, 11) is 0. The molecule has 158 valence electrons. The Kier molecular flexibility index (Phi) is 6.38. The van der Waals surface area contributed by atoms with Gasteiger partial charge in [0.05, 0.1) is 11.4 Å². The van der Waals surface area contributed by atoms with E-state index in [4.69, 9.17) is 5.84 Å². The third-order valence-electron chi connectivity index (χ3n) is 4.60. The van der Waals surface area contributed by atoms with Gasteiger partial charge in [-0.15, -0.1) is 10.2 Å². The summed E-state index contributed by atoms with van der Waals surface area (Å²) in [6.07, 6.45) is 0.990. The number of amides is 1. The largest absolute Gasteiger partial charge is 0.335 e. The van der Waals surface area contributed by atoms with Crippen molar-refractivity contribution in [3.05, 3.63) is 64.6 Å². The summed E-state index contributed by atoms with van der Waals surface area (Å²) in [6.45, 7) is 2.12. The number of halogens is 1. The molecule has 1 amide bonds. The molecule has 31 heavy (non-hydrogen) atoms. The number of nitrogens with two attached hydrogens (primary N) is 1. The molecule has 2 heterocycles. The number of benzene rings is 2. The fourth-order valence-electron chi connectivity index (χ4n) is 2.91. The number of aromatic nitrogens is 5. The van der Waals surface area contributed by atoms with Crippen molar-refractivity contribution in [3.8, 4) is 22.8 Å². The zero-order valence-corrected chi connectivity index (χ0v) is 19.1. The van der Waals surface area contributed by atoms with Crippen molar-refractivity contribution in [3.63, 3.8) is 0 Å². The number of aryl methyl sites for hydroxylation is 1. The standard InChI is InChI=1S/C21H20BrN7OS/c1-2-13-3-5-14(6-4-13)17-11-18(26-25-17)20-27-28-21(29(20)23)31-12-19(30)24-16-9-7-15(22)8-10-16/h3-11H,2,12,23H2,1H3,(H,24,30)(H,25,26). The fourth-order valence-corrected chi connectivity index (χ4v) is 3.84. The van der Waals surface area contributed by atoms with E-state index in [1.807, 2.05) is 42.5 Å². The van der Waals surface area contributed by atoms with E-state index >= 15 is 0 Å². The number of carbonyl (C=O) groups is 1. The first kappa shape index (κ1) is 21.1. The molecule has 8 nitrogen and oxygen atoms in total. The minimum Gasteiger partial charge on any atom is -0.335 e. The van der Waals surface area contributed by atoms with Crippen LogP contribution in [-0.4, -0.2) is 36.7 Å². The molecule has 0 saturated heterocycles. The summed E-state index contributed by atoms with van der Waals surface area (Å²) >= 11 is 4.58. The maximum atomic E-state index is 12.2. The molecule has 0 radical (unpaired) electrons. The van der Waals surface area contributed by atoms with Crippen molar-refractivity contribution in [2.75, 3.05) is 16.9 Å². The summed E-state index contributed by atoms with van der Waals surface area (Å²) in [5.74, 6) is 6.61. The predicted octanol–water partition coefficient (Wildman–Crippen LogP) is 4.10. The van der Waals surface area contributed by atoms with E-state index in [-0.39, 0.29) is 11.7 Å². The Hall–Kier alpha value is -3.11. The zero-order chi connectivity index (χ0) is 21.8. The van der Waals surface area contributed by atoms with E-state index in [9.17, 15) is 4.79 Å². The summed E-state index contributed by atoms with van der Waals surface area (Å²) in [5.41, 5.74) is 4.44. The Bertz CT molecular complexity index is 1190. The van der Waals surface area contributed by atoms with E-state index < -0.39 is 0 Å². The van der Waals surface area contributed by atoms with Gasteiger partial charge in [0.1, 0.15) is 5.69 Å². The highest BCUT2D eigenvalue weighted by Gasteiger charge is 2.16. The average Bonchev–Trinajstić information content (AvgIpc) is 3.41. The Labute approximate surface area is 191 Å². The summed E-state index contributed by atoms with van der Waals surface area (Å²) < 4.78 is 2.30. The molecule has 0 unspecified atom stereocenters. The molecule has 4 N–H and O–H groups in total. The fraction of sp³-hybridized carbons (Fsp3) is 0.143. The number of hydrogen-bond acceptors (Lipinski definition) is 6. The Morgan fingerprint density at radius 1 is 1.16 bits per heavy atom. The van der Waals surface area contributed by atoms with Gasteiger partial charge in [-0.05, 0) is 42.3 Å². The Balaban J connectivity index is 1.41. The predicted molar refractivity (Wildman–Crippen MR) is 126 cm³/mol. The molecule has 4 rings (SSSR count). The van der Waals surface area contributed by atoms with Gasteiger partial charge in [0, 0.05) is 15.7 Å². The van der Waals surface area contributed by atoms with Crippen LogP contribution in [0.25, 0.3) is 22.8 Å². The lowest BCUT2D eigenvalue weighted by molar-refractivity contribution is -0.113. The second-order valence-electron chi connectivity index (χ2n) is 6.74. The van der Waals surface area contributed by atoms with Crippen molar-refractivity contribution < 1.29 is 4.79 Å². The van der Waals surface area contributed by atoms with E-state index in [2.05, 4.69) is 60.7 Å². The van der Waals surface area contributed by atoms with Crippen LogP contribution in [-0.2, 0) is 11.2 Å². The number of nitrogens with zero attached hydrogens (tertiary/aromatic N) is 4. The van der Waals surface area contributed by atoms with Crippen molar-refractivity contribution in [2.24, 2.45) is 0 Å². The number of aromatic amines is 1.